The lowest BCUT2D eigenvalue weighted by Crippen LogP contribution is -2.28. The van der Waals surface area contributed by atoms with Crippen LogP contribution in [-0.2, 0) is 10.0 Å². The van der Waals surface area contributed by atoms with Gasteiger partial charge in [0.2, 0.25) is 10.0 Å². The molecule has 0 aliphatic rings. The number of rotatable bonds is 4. The van der Waals surface area contributed by atoms with E-state index >= 15 is 0 Å². The molecule has 0 heterocycles. The Balaban J connectivity index is 2.84. The highest BCUT2D eigenvalue weighted by Crippen LogP contribution is 2.23. The van der Waals surface area contributed by atoms with E-state index < -0.39 is 10.0 Å². The van der Waals surface area contributed by atoms with Crippen molar-refractivity contribution in [1.82, 2.24) is 4.72 Å². The molecule has 18 heavy (non-hydrogen) atoms. The fourth-order valence-corrected chi connectivity index (χ4v) is 2.80. The Morgan fingerprint density at radius 3 is 2.50 bits per heavy atom. The van der Waals surface area contributed by atoms with Gasteiger partial charge in [0.15, 0.2) is 0 Å². The Labute approximate surface area is 114 Å². The molecule has 0 aliphatic heterocycles. The predicted molar refractivity (Wildman–Crippen MR) is 75.1 cm³/mol. The zero-order valence-electron chi connectivity index (χ0n) is 10.8. The van der Waals surface area contributed by atoms with Gasteiger partial charge in [0.1, 0.15) is 4.90 Å². The number of nitrogen functional groups attached to an aromatic ring is 1. The first-order chi connectivity index (χ1) is 8.12. The van der Waals surface area contributed by atoms with Gasteiger partial charge in [-0.15, -0.1) is 0 Å². The number of hydrogen-bond donors (Lipinski definition) is 2. The molecule has 3 N–H and O–H groups in total. The molecular formula is C12H19ClN2O2S. The SMILES string of the molecule is CC(C)(C)CCNS(=O)(=O)c1cc(Cl)ccc1N. The predicted octanol–water partition coefficient (Wildman–Crippen LogP) is 2.64. The third-order valence-corrected chi connectivity index (χ3v) is 4.18. The van der Waals surface area contributed by atoms with E-state index in [2.05, 4.69) is 25.5 Å². The average Bonchev–Trinajstić information content (AvgIpc) is 2.19. The van der Waals surface area contributed by atoms with Crippen LogP contribution in [-0.4, -0.2) is 15.0 Å². The van der Waals surface area contributed by atoms with Crippen molar-refractivity contribution >= 4 is 27.3 Å². The highest BCUT2D eigenvalue weighted by molar-refractivity contribution is 7.89. The number of nitrogens with two attached hydrogens (primary N) is 1. The largest absolute Gasteiger partial charge is 0.398 e. The second kappa shape index (κ2) is 5.47. The van der Waals surface area contributed by atoms with Crippen molar-refractivity contribution in [3.05, 3.63) is 23.2 Å². The quantitative estimate of drug-likeness (QED) is 0.837. The van der Waals surface area contributed by atoms with Gasteiger partial charge in [-0.05, 0) is 30.0 Å². The minimum Gasteiger partial charge on any atom is -0.398 e. The van der Waals surface area contributed by atoms with E-state index in [4.69, 9.17) is 17.3 Å². The molecule has 0 saturated carbocycles. The zero-order valence-corrected chi connectivity index (χ0v) is 12.4. The summed E-state index contributed by atoms with van der Waals surface area (Å²) in [4.78, 5) is 0.0314. The fourth-order valence-electron chi connectivity index (χ4n) is 1.38. The van der Waals surface area contributed by atoms with E-state index in [1.165, 1.54) is 12.1 Å². The van der Waals surface area contributed by atoms with Gasteiger partial charge in [0.05, 0.1) is 5.69 Å². The Hall–Kier alpha value is -0.780. The molecule has 0 amide bonds. The maximum absolute atomic E-state index is 12.0. The molecule has 0 aromatic heterocycles. The standard InChI is InChI=1S/C12H19ClN2O2S/c1-12(2,3)6-7-15-18(16,17)11-8-9(13)4-5-10(11)14/h4-5,8,15H,6-7,14H2,1-3H3. The van der Waals surface area contributed by atoms with Gasteiger partial charge in [-0.1, -0.05) is 32.4 Å². The monoisotopic (exact) mass is 290 g/mol. The Morgan fingerprint density at radius 1 is 1.33 bits per heavy atom. The minimum absolute atomic E-state index is 0.0314. The third-order valence-electron chi connectivity index (χ3n) is 2.43. The molecule has 102 valence electrons. The molecule has 0 radical (unpaired) electrons. The summed E-state index contributed by atoms with van der Waals surface area (Å²) in [6.07, 6.45) is 0.743. The van der Waals surface area contributed by atoms with Crippen LogP contribution < -0.4 is 10.5 Å². The van der Waals surface area contributed by atoms with E-state index in [1.807, 2.05) is 0 Å². The molecular weight excluding hydrogens is 272 g/mol. The van der Waals surface area contributed by atoms with Crippen LogP contribution in [0.4, 0.5) is 5.69 Å². The maximum Gasteiger partial charge on any atom is 0.242 e. The normalized spacial score (nSPS) is 12.7. The molecule has 4 nitrogen and oxygen atoms in total. The summed E-state index contributed by atoms with van der Waals surface area (Å²) in [6, 6.07) is 4.40. The van der Waals surface area contributed by atoms with Crippen LogP contribution in [0.25, 0.3) is 0 Å². The average molecular weight is 291 g/mol. The van der Waals surface area contributed by atoms with Gasteiger partial charge >= 0.3 is 0 Å². The van der Waals surface area contributed by atoms with Crippen LogP contribution in [0.5, 0.6) is 0 Å². The van der Waals surface area contributed by atoms with Gasteiger partial charge < -0.3 is 5.73 Å². The maximum atomic E-state index is 12.0. The van der Waals surface area contributed by atoms with Crippen molar-refractivity contribution in [3.63, 3.8) is 0 Å². The van der Waals surface area contributed by atoms with E-state index in [0.717, 1.165) is 6.42 Å². The first kappa shape index (κ1) is 15.3. The molecule has 0 unspecified atom stereocenters. The first-order valence-corrected chi connectivity index (χ1v) is 7.53. The zero-order chi connectivity index (χ0) is 14.0. The topological polar surface area (TPSA) is 72.2 Å². The molecule has 1 aromatic rings. The summed E-state index contributed by atoms with van der Waals surface area (Å²) in [7, 11) is -3.60. The van der Waals surface area contributed by atoms with Crippen LogP contribution in [0.3, 0.4) is 0 Å². The molecule has 0 atom stereocenters. The molecule has 0 bridgehead atoms. The van der Waals surface area contributed by atoms with Crippen LogP contribution in [0.1, 0.15) is 27.2 Å². The summed E-state index contributed by atoms with van der Waals surface area (Å²) >= 11 is 5.78. The lowest BCUT2D eigenvalue weighted by Gasteiger charge is -2.18. The lowest BCUT2D eigenvalue weighted by molar-refractivity contribution is 0.378. The molecule has 0 saturated heterocycles. The van der Waals surface area contributed by atoms with Crippen molar-refractivity contribution in [2.24, 2.45) is 5.41 Å². The Kier molecular flexibility index (Phi) is 4.64. The Bertz CT molecular complexity index is 521. The molecule has 0 fully saturated rings. The number of hydrogen-bond acceptors (Lipinski definition) is 3. The summed E-state index contributed by atoms with van der Waals surface area (Å²) < 4.78 is 26.6. The lowest BCUT2D eigenvalue weighted by atomic mass is 9.93. The second-order valence-corrected chi connectivity index (χ2v) is 7.56. The van der Waals surface area contributed by atoms with Gasteiger partial charge in [-0.25, -0.2) is 13.1 Å². The number of sulfonamides is 1. The number of anilines is 1. The van der Waals surface area contributed by atoms with E-state index in [-0.39, 0.29) is 16.0 Å². The Morgan fingerprint density at radius 2 is 1.94 bits per heavy atom. The second-order valence-electron chi connectivity index (χ2n) is 5.39. The van der Waals surface area contributed by atoms with Gasteiger partial charge in [-0.2, -0.15) is 0 Å². The van der Waals surface area contributed by atoms with Gasteiger partial charge in [0, 0.05) is 11.6 Å². The molecule has 0 spiro atoms. The molecule has 6 heteroatoms. The third kappa shape index (κ3) is 4.48. The van der Waals surface area contributed by atoms with Crippen LogP contribution in [0.15, 0.2) is 23.1 Å². The van der Waals surface area contributed by atoms with E-state index in [0.29, 0.717) is 11.6 Å². The van der Waals surface area contributed by atoms with Crippen molar-refractivity contribution in [2.75, 3.05) is 12.3 Å². The molecule has 0 aliphatic carbocycles. The first-order valence-electron chi connectivity index (χ1n) is 5.66. The smallest absolute Gasteiger partial charge is 0.242 e. The van der Waals surface area contributed by atoms with Gasteiger partial charge in [0.25, 0.3) is 0 Å². The minimum atomic E-state index is -3.60. The number of benzene rings is 1. The summed E-state index contributed by atoms with van der Waals surface area (Å²) in [5, 5.41) is 0.348. The van der Waals surface area contributed by atoms with Gasteiger partial charge in [-0.3, -0.25) is 0 Å². The van der Waals surface area contributed by atoms with Crippen LogP contribution in [0.2, 0.25) is 5.02 Å². The number of nitrogens with one attached hydrogen (secondary N) is 1. The summed E-state index contributed by atoms with van der Waals surface area (Å²) in [5.74, 6) is 0. The van der Waals surface area contributed by atoms with Crippen molar-refractivity contribution in [3.8, 4) is 0 Å². The van der Waals surface area contributed by atoms with Crippen LogP contribution in [0, 0.1) is 5.41 Å². The van der Waals surface area contributed by atoms with Crippen molar-refractivity contribution < 1.29 is 8.42 Å². The highest BCUT2D eigenvalue weighted by atomic mass is 35.5. The van der Waals surface area contributed by atoms with E-state index in [1.54, 1.807) is 6.07 Å². The van der Waals surface area contributed by atoms with Crippen molar-refractivity contribution in [1.29, 1.82) is 0 Å². The molecule has 1 aromatic carbocycles. The highest BCUT2D eigenvalue weighted by Gasteiger charge is 2.19. The van der Waals surface area contributed by atoms with Crippen LogP contribution >= 0.6 is 11.6 Å². The van der Waals surface area contributed by atoms with Crippen molar-refractivity contribution in [2.45, 2.75) is 32.1 Å². The number of halogens is 1. The fraction of sp³-hybridized carbons (Fsp3) is 0.500. The van der Waals surface area contributed by atoms with E-state index in [9.17, 15) is 8.42 Å². The summed E-state index contributed by atoms with van der Waals surface area (Å²) in [5.41, 5.74) is 5.92. The molecule has 1 rings (SSSR count). The summed E-state index contributed by atoms with van der Waals surface area (Å²) in [6.45, 7) is 6.52.